The fourth-order valence-electron chi connectivity index (χ4n) is 2.24. The van der Waals surface area contributed by atoms with Crippen LogP contribution in [0.4, 0.5) is 5.69 Å². The minimum Gasteiger partial charge on any atom is -0.495 e. The zero-order chi connectivity index (χ0) is 17.7. The zero-order valence-electron chi connectivity index (χ0n) is 13.8. The minimum absolute atomic E-state index is 0.0884. The second kappa shape index (κ2) is 7.46. The molecular weight excluding hydrogens is 328 g/mol. The molecule has 128 valence electrons. The first-order chi connectivity index (χ1) is 11.3. The highest BCUT2D eigenvalue weighted by atomic mass is 32.2. The van der Waals surface area contributed by atoms with Crippen molar-refractivity contribution in [1.29, 1.82) is 0 Å². The van der Waals surface area contributed by atoms with E-state index in [4.69, 9.17) is 4.74 Å². The Morgan fingerprint density at radius 1 is 1.17 bits per heavy atom. The van der Waals surface area contributed by atoms with Crippen molar-refractivity contribution in [3.8, 4) is 5.75 Å². The van der Waals surface area contributed by atoms with Gasteiger partial charge >= 0.3 is 0 Å². The second-order valence-corrected chi connectivity index (χ2v) is 7.33. The number of carbonyl (C=O) groups excluding carboxylic acids is 1. The number of rotatable bonds is 6. The van der Waals surface area contributed by atoms with Gasteiger partial charge in [-0.2, -0.15) is 4.31 Å². The van der Waals surface area contributed by atoms with Crippen molar-refractivity contribution in [3.63, 3.8) is 0 Å². The molecule has 0 radical (unpaired) electrons. The highest BCUT2D eigenvalue weighted by molar-refractivity contribution is 7.89. The summed E-state index contributed by atoms with van der Waals surface area (Å²) >= 11 is 0. The minimum atomic E-state index is -3.69. The van der Waals surface area contributed by atoms with E-state index < -0.39 is 10.0 Å². The molecule has 0 aromatic heterocycles. The van der Waals surface area contributed by atoms with Gasteiger partial charge in [0.05, 0.1) is 17.7 Å². The van der Waals surface area contributed by atoms with Crippen molar-refractivity contribution >= 4 is 21.6 Å². The monoisotopic (exact) mass is 348 g/mol. The molecule has 0 heterocycles. The molecule has 0 aliphatic rings. The number of anilines is 1. The fourth-order valence-corrected chi connectivity index (χ4v) is 3.43. The standard InChI is InChI=1S/C17H20N2O4S/c1-13(20)18-16-11-15(9-10-17(16)23-3)24(21,22)19(2)12-14-7-5-4-6-8-14/h4-11H,12H2,1-3H3,(H,18,20). The smallest absolute Gasteiger partial charge is 0.243 e. The van der Waals surface area contributed by atoms with Crippen LogP contribution in [0.25, 0.3) is 0 Å². The van der Waals surface area contributed by atoms with E-state index in [1.165, 1.54) is 43.6 Å². The molecule has 0 atom stereocenters. The normalized spacial score (nSPS) is 11.3. The van der Waals surface area contributed by atoms with E-state index in [9.17, 15) is 13.2 Å². The molecule has 0 aliphatic heterocycles. The van der Waals surface area contributed by atoms with E-state index >= 15 is 0 Å². The first-order valence-corrected chi connectivity index (χ1v) is 8.74. The number of ether oxygens (including phenoxy) is 1. The highest BCUT2D eigenvalue weighted by Crippen LogP contribution is 2.29. The van der Waals surface area contributed by atoms with Crippen LogP contribution < -0.4 is 10.1 Å². The van der Waals surface area contributed by atoms with Crippen molar-refractivity contribution < 1.29 is 17.9 Å². The molecule has 1 N–H and O–H groups in total. The predicted molar refractivity (Wildman–Crippen MR) is 92.4 cm³/mol. The van der Waals surface area contributed by atoms with Gasteiger partial charge in [0.15, 0.2) is 0 Å². The highest BCUT2D eigenvalue weighted by Gasteiger charge is 2.22. The molecule has 0 saturated carbocycles. The molecule has 0 aliphatic carbocycles. The number of carbonyl (C=O) groups is 1. The molecule has 24 heavy (non-hydrogen) atoms. The fraction of sp³-hybridized carbons (Fsp3) is 0.235. The van der Waals surface area contributed by atoms with Crippen LogP contribution in [0.5, 0.6) is 5.75 Å². The summed E-state index contributed by atoms with van der Waals surface area (Å²) in [5.74, 6) is 0.0929. The molecule has 0 unspecified atom stereocenters. The average Bonchev–Trinajstić information content (AvgIpc) is 2.55. The van der Waals surface area contributed by atoms with Crippen molar-refractivity contribution in [3.05, 3.63) is 54.1 Å². The van der Waals surface area contributed by atoms with Gasteiger partial charge in [0, 0.05) is 20.5 Å². The van der Waals surface area contributed by atoms with Gasteiger partial charge < -0.3 is 10.1 Å². The number of amides is 1. The van der Waals surface area contributed by atoms with Gasteiger partial charge in [-0.05, 0) is 23.8 Å². The maximum atomic E-state index is 12.7. The summed E-state index contributed by atoms with van der Waals surface area (Å²) in [5.41, 5.74) is 1.21. The lowest BCUT2D eigenvalue weighted by atomic mass is 10.2. The van der Waals surface area contributed by atoms with Crippen molar-refractivity contribution in [2.24, 2.45) is 0 Å². The van der Waals surface area contributed by atoms with Gasteiger partial charge in [-0.25, -0.2) is 8.42 Å². The lowest BCUT2D eigenvalue weighted by Crippen LogP contribution is -2.26. The molecular formula is C17H20N2O4S. The summed E-state index contributed by atoms with van der Waals surface area (Å²) in [6, 6.07) is 13.7. The third-order valence-electron chi connectivity index (χ3n) is 3.44. The molecule has 0 bridgehead atoms. The van der Waals surface area contributed by atoms with Crippen LogP contribution in [0.2, 0.25) is 0 Å². The number of benzene rings is 2. The van der Waals surface area contributed by atoms with Crippen LogP contribution >= 0.6 is 0 Å². The Hall–Kier alpha value is -2.38. The Labute approximate surface area is 142 Å². The summed E-state index contributed by atoms with van der Waals surface area (Å²) < 4.78 is 31.9. The summed E-state index contributed by atoms with van der Waals surface area (Å²) in [7, 11) is -0.721. The molecule has 1 amide bonds. The van der Waals surface area contributed by atoms with E-state index in [0.717, 1.165) is 5.56 Å². The van der Waals surface area contributed by atoms with Gasteiger partial charge in [0.1, 0.15) is 5.75 Å². The number of sulfonamides is 1. The first kappa shape index (κ1) is 18.0. The predicted octanol–water partition coefficient (Wildman–Crippen LogP) is 2.47. The maximum Gasteiger partial charge on any atom is 0.243 e. The molecule has 2 aromatic carbocycles. The van der Waals surface area contributed by atoms with Crippen LogP contribution in [0, 0.1) is 0 Å². The summed E-state index contributed by atoms with van der Waals surface area (Å²) in [5, 5.41) is 2.58. The Bertz CT molecular complexity index is 820. The quantitative estimate of drug-likeness (QED) is 0.870. The van der Waals surface area contributed by atoms with Crippen LogP contribution in [-0.2, 0) is 21.4 Å². The van der Waals surface area contributed by atoms with Crippen molar-refractivity contribution in [2.45, 2.75) is 18.4 Å². The van der Waals surface area contributed by atoms with Gasteiger partial charge in [-0.1, -0.05) is 30.3 Å². The average molecular weight is 348 g/mol. The van der Waals surface area contributed by atoms with E-state index in [2.05, 4.69) is 5.32 Å². The topological polar surface area (TPSA) is 75.7 Å². The number of nitrogens with one attached hydrogen (secondary N) is 1. The molecule has 2 aromatic rings. The Morgan fingerprint density at radius 3 is 2.42 bits per heavy atom. The van der Waals surface area contributed by atoms with Crippen molar-refractivity contribution in [2.75, 3.05) is 19.5 Å². The lowest BCUT2D eigenvalue weighted by Gasteiger charge is -2.18. The molecule has 2 rings (SSSR count). The number of methoxy groups -OCH3 is 1. The van der Waals surface area contributed by atoms with Crippen molar-refractivity contribution in [1.82, 2.24) is 4.31 Å². The zero-order valence-corrected chi connectivity index (χ0v) is 14.6. The van der Waals surface area contributed by atoms with Crippen LogP contribution in [0.15, 0.2) is 53.4 Å². The van der Waals surface area contributed by atoms with E-state index in [0.29, 0.717) is 11.4 Å². The number of hydrogen-bond acceptors (Lipinski definition) is 4. The maximum absolute atomic E-state index is 12.7. The first-order valence-electron chi connectivity index (χ1n) is 7.30. The summed E-state index contributed by atoms with van der Waals surface area (Å²) in [4.78, 5) is 11.4. The van der Waals surface area contributed by atoms with Gasteiger partial charge in [0.25, 0.3) is 0 Å². The van der Waals surface area contributed by atoms with E-state index in [1.807, 2.05) is 30.3 Å². The number of hydrogen-bond donors (Lipinski definition) is 1. The molecule has 0 fully saturated rings. The molecule has 7 heteroatoms. The third kappa shape index (κ3) is 4.12. The van der Waals surface area contributed by atoms with Crippen LogP contribution in [0.1, 0.15) is 12.5 Å². The second-order valence-electron chi connectivity index (χ2n) is 5.29. The van der Waals surface area contributed by atoms with Gasteiger partial charge in [-0.15, -0.1) is 0 Å². The van der Waals surface area contributed by atoms with E-state index in [1.54, 1.807) is 0 Å². The molecule has 0 spiro atoms. The molecule has 0 saturated heterocycles. The lowest BCUT2D eigenvalue weighted by molar-refractivity contribution is -0.114. The Balaban J connectivity index is 2.32. The van der Waals surface area contributed by atoms with Crippen LogP contribution in [-0.4, -0.2) is 32.8 Å². The SMILES string of the molecule is COc1ccc(S(=O)(=O)N(C)Cc2ccccc2)cc1NC(C)=O. The van der Waals surface area contributed by atoms with Gasteiger partial charge in [-0.3, -0.25) is 4.79 Å². The van der Waals surface area contributed by atoms with Crippen LogP contribution in [0.3, 0.4) is 0 Å². The van der Waals surface area contributed by atoms with Gasteiger partial charge in [0.2, 0.25) is 15.9 Å². The third-order valence-corrected chi connectivity index (χ3v) is 5.24. The molecule has 6 nitrogen and oxygen atoms in total. The Kier molecular flexibility index (Phi) is 5.58. The summed E-state index contributed by atoms with van der Waals surface area (Å²) in [6.45, 7) is 1.60. The van der Waals surface area contributed by atoms with E-state index in [-0.39, 0.29) is 17.3 Å². The summed E-state index contributed by atoms with van der Waals surface area (Å²) in [6.07, 6.45) is 0. The largest absolute Gasteiger partial charge is 0.495 e. The number of nitrogens with zero attached hydrogens (tertiary/aromatic N) is 1. The Morgan fingerprint density at radius 2 is 1.83 bits per heavy atom.